The van der Waals surface area contributed by atoms with Crippen molar-refractivity contribution in [1.29, 1.82) is 0 Å². The summed E-state index contributed by atoms with van der Waals surface area (Å²) in [6.45, 7) is 0.749. The van der Waals surface area contributed by atoms with Crippen molar-refractivity contribution in [2.24, 2.45) is 10.7 Å². The molecule has 3 heterocycles. The molecule has 0 spiro atoms. The van der Waals surface area contributed by atoms with E-state index in [-0.39, 0.29) is 5.41 Å². The molecular formula is C19H21N6OP. The lowest BCUT2D eigenvalue weighted by Crippen LogP contribution is -2.44. The highest BCUT2D eigenvalue weighted by atomic mass is 31.0. The maximum absolute atomic E-state index is 11.2. The number of carbonyl (C=O) groups excluding carboxylic acids is 1. The molecule has 1 unspecified atom stereocenters. The minimum absolute atomic E-state index is 0.0379. The SMILES string of the molecule is NC(=O)C1=CN=C(c2cnc(NCC3(c4ncccc4P)CCC3)nc2)C1. The van der Waals surface area contributed by atoms with E-state index in [2.05, 4.69) is 40.6 Å². The van der Waals surface area contributed by atoms with Gasteiger partial charge in [0.1, 0.15) is 0 Å². The van der Waals surface area contributed by atoms with Gasteiger partial charge in [-0.3, -0.25) is 14.8 Å². The van der Waals surface area contributed by atoms with Gasteiger partial charge in [0.2, 0.25) is 11.9 Å². The molecule has 4 rings (SSSR count). The second-order valence-electron chi connectivity index (χ2n) is 7.00. The molecule has 2 aliphatic rings. The van der Waals surface area contributed by atoms with Crippen LogP contribution in [0.5, 0.6) is 0 Å². The molecule has 2 aromatic heterocycles. The van der Waals surface area contributed by atoms with Gasteiger partial charge in [0.25, 0.3) is 0 Å². The summed E-state index contributed by atoms with van der Waals surface area (Å²) in [5.41, 5.74) is 8.52. The van der Waals surface area contributed by atoms with Crippen LogP contribution in [-0.4, -0.2) is 33.1 Å². The van der Waals surface area contributed by atoms with E-state index in [1.54, 1.807) is 12.4 Å². The highest BCUT2D eigenvalue weighted by molar-refractivity contribution is 7.27. The highest BCUT2D eigenvalue weighted by Gasteiger charge is 2.41. The molecule has 3 N–H and O–H groups in total. The van der Waals surface area contributed by atoms with Crippen LogP contribution in [0.3, 0.4) is 0 Å². The van der Waals surface area contributed by atoms with Crippen molar-refractivity contribution in [3.8, 4) is 0 Å². The van der Waals surface area contributed by atoms with Crippen molar-refractivity contribution >= 4 is 32.1 Å². The molecule has 1 atom stereocenters. The maximum Gasteiger partial charge on any atom is 0.246 e. The predicted molar refractivity (Wildman–Crippen MR) is 108 cm³/mol. The molecule has 8 heteroatoms. The van der Waals surface area contributed by atoms with Crippen LogP contribution in [0.15, 0.2) is 47.5 Å². The van der Waals surface area contributed by atoms with Gasteiger partial charge in [0, 0.05) is 54.3 Å². The van der Waals surface area contributed by atoms with E-state index in [1.165, 1.54) is 12.6 Å². The molecule has 1 aliphatic carbocycles. The first kappa shape index (κ1) is 17.7. The number of nitrogens with zero attached hydrogens (tertiary/aromatic N) is 4. The summed E-state index contributed by atoms with van der Waals surface area (Å²) in [5.74, 6) is 0.134. The van der Waals surface area contributed by atoms with E-state index >= 15 is 0 Å². The summed E-state index contributed by atoms with van der Waals surface area (Å²) in [5, 5.41) is 4.51. The summed E-state index contributed by atoms with van der Waals surface area (Å²) in [7, 11) is 2.79. The lowest BCUT2D eigenvalue weighted by atomic mass is 9.66. The van der Waals surface area contributed by atoms with Gasteiger partial charge in [-0.1, -0.05) is 12.5 Å². The van der Waals surface area contributed by atoms with Crippen LogP contribution < -0.4 is 16.4 Å². The number of hydrogen-bond acceptors (Lipinski definition) is 6. The van der Waals surface area contributed by atoms with Crippen LogP contribution in [0.25, 0.3) is 0 Å². The largest absolute Gasteiger partial charge is 0.366 e. The fourth-order valence-corrected chi connectivity index (χ4v) is 4.02. The molecule has 27 heavy (non-hydrogen) atoms. The van der Waals surface area contributed by atoms with E-state index in [1.807, 2.05) is 12.3 Å². The molecule has 0 aromatic carbocycles. The van der Waals surface area contributed by atoms with E-state index in [4.69, 9.17) is 5.73 Å². The van der Waals surface area contributed by atoms with E-state index in [0.29, 0.717) is 17.9 Å². The summed E-state index contributed by atoms with van der Waals surface area (Å²) >= 11 is 0. The fourth-order valence-electron chi connectivity index (χ4n) is 3.53. The Balaban J connectivity index is 1.42. The summed E-state index contributed by atoms with van der Waals surface area (Å²) in [6.07, 6.45) is 10.6. The van der Waals surface area contributed by atoms with Crippen LogP contribution >= 0.6 is 9.24 Å². The number of amides is 1. The number of primary amides is 1. The third kappa shape index (κ3) is 3.47. The summed E-state index contributed by atoms with van der Waals surface area (Å²) in [4.78, 5) is 28.9. The number of aliphatic imine (C=N–C) groups is 1. The topological polar surface area (TPSA) is 106 Å². The average molecular weight is 380 g/mol. The molecule has 1 amide bonds. The molecule has 7 nitrogen and oxygen atoms in total. The zero-order valence-corrected chi connectivity index (χ0v) is 16.0. The van der Waals surface area contributed by atoms with Gasteiger partial charge in [-0.25, -0.2) is 9.97 Å². The number of hydrogen-bond donors (Lipinski definition) is 2. The first-order valence-corrected chi connectivity index (χ1v) is 9.48. The third-order valence-corrected chi connectivity index (χ3v) is 5.74. The van der Waals surface area contributed by atoms with Gasteiger partial charge < -0.3 is 11.1 Å². The van der Waals surface area contributed by atoms with Crippen LogP contribution in [0, 0.1) is 0 Å². The van der Waals surface area contributed by atoms with Crippen molar-refractivity contribution in [3.63, 3.8) is 0 Å². The van der Waals surface area contributed by atoms with Gasteiger partial charge in [0.15, 0.2) is 0 Å². The fraction of sp³-hybridized carbons (Fsp3) is 0.316. The molecule has 1 fully saturated rings. The van der Waals surface area contributed by atoms with E-state index < -0.39 is 5.91 Å². The maximum atomic E-state index is 11.2. The monoisotopic (exact) mass is 380 g/mol. The normalized spacial score (nSPS) is 17.7. The predicted octanol–water partition coefficient (Wildman–Crippen LogP) is 1.47. The number of anilines is 1. The van der Waals surface area contributed by atoms with Crippen LogP contribution in [-0.2, 0) is 10.2 Å². The molecule has 0 bridgehead atoms. The Kier molecular flexibility index (Phi) is 4.70. The lowest BCUT2D eigenvalue weighted by Gasteiger charge is -2.42. The Morgan fingerprint density at radius 1 is 1.26 bits per heavy atom. The third-order valence-electron chi connectivity index (χ3n) is 5.27. The first-order chi connectivity index (χ1) is 13.1. The highest BCUT2D eigenvalue weighted by Crippen LogP contribution is 2.42. The summed E-state index contributed by atoms with van der Waals surface area (Å²) in [6, 6.07) is 4.03. The van der Waals surface area contributed by atoms with Crippen molar-refractivity contribution in [1.82, 2.24) is 15.0 Å². The number of carbonyl (C=O) groups is 1. The van der Waals surface area contributed by atoms with Crippen LogP contribution in [0.4, 0.5) is 5.95 Å². The Hall–Kier alpha value is -2.66. The smallest absolute Gasteiger partial charge is 0.246 e. The Morgan fingerprint density at radius 2 is 2.04 bits per heavy atom. The molecule has 2 aromatic rings. The second kappa shape index (κ2) is 7.16. The standard InChI is InChI=1S/C19H21N6OP/c20-17(26)12-7-14(22-8-12)13-9-23-18(24-10-13)25-11-19(4-2-5-19)16-15(27)3-1-6-21-16/h1,3,6,8-10H,2,4-5,7,11,27H2,(H2,20,26)(H,23,24,25). The number of nitrogens with two attached hydrogens (primary N) is 1. The first-order valence-electron chi connectivity index (χ1n) is 8.90. The van der Waals surface area contributed by atoms with Crippen molar-refractivity contribution in [2.75, 3.05) is 11.9 Å². The summed E-state index contributed by atoms with van der Waals surface area (Å²) < 4.78 is 0. The number of rotatable bonds is 6. The van der Waals surface area contributed by atoms with Crippen LogP contribution in [0.2, 0.25) is 0 Å². The lowest BCUT2D eigenvalue weighted by molar-refractivity contribution is -0.114. The van der Waals surface area contributed by atoms with Gasteiger partial charge in [-0.2, -0.15) is 0 Å². The Morgan fingerprint density at radius 3 is 2.63 bits per heavy atom. The van der Waals surface area contributed by atoms with Gasteiger partial charge in [-0.05, 0) is 24.2 Å². The zero-order chi connectivity index (χ0) is 18.9. The Labute approximate surface area is 159 Å². The van der Waals surface area contributed by atoms with Crippen molar-refractivity contribution in [2.45, 2.75) is 31.1 Å². The van der Waals surface area contributed by atoms with E-state index in [9.17, 15) is 4.79 Å². The number of aromatic nitrogens is 3. The minimum Gasteiger partial charge on any atom is -0.366 e. The molecular weight excluding hydrogens is 359 g/mol. The zero-order valence-electron chi connectivity index (χ0n) is 14.9. The molecule has 138 valence electrons. The van der Waals surface area contributed by atoms with Gasteiger partial charge in [-0.15, -0.1) is 9.24 Å². The molecule has 0 radical (unpaired) electrons. The number of pyridine rings is 1. The quantitative estimate of drug-likeness (QED) is 0.738. The molecule has 1 saturated carbocycles. The van der Waals surface area contributed by atoms with Crippen molar-refractivity contribution in [3.05, 3.63) is 53.8 Å². The molecule has 1 aliphatic heterocycles. The van der Waals surface area contributed by atoms with Gasteiger partial charge >= 0.3 is 0 Å². The van der Waals surface area contributed by atoms with Crippen LogP contribution in [0.1, 0.15) is 36.9 Å². The Bertz CT molecular complexity index is 933. The second-order valence-corrected chi connectivity index (χ2v) is 7.62. The van der Waals surface area contributed by atoms with E-state index in [0.717, 1.165) is 41.7 Å². The minimum atomic E-state index is -0.443. The van der Waals surface area contributed by atoms with Crippen molar-refractivity contribution < 1.29 is 4.79 Å². The van der Waals surface area contributed by atoms with Gasteiger partial charge in [0.05, 0.1) is 11.4 Å². The molecule has 0 saturated heterocycles. The number of nitrogens with one attached hydrogen (secondary N) is 1. The average Bonchev–Trinajstić information content (AvgIpc) is 3.13.